The van der Waals surface area contributed by atoms with Crippen LogP contribution in [0.3, 0.4) is 0 Å². The number of hydrogen-bond acceptors (Lipinski definition) is 4. The molecular weight excluding hydrogens is 362 g/mol. The number of aromatic nitrogens is 1. The number of nitrogens with zero attached hydrogens (tertiary/aromatic N) is 2. The lowest BCUT2D eigenvalue weighted by molar-refractivity contribution is 0.0699. The third-order valence-electron chi connectivity index (χ3n) is 6.21. The highest BCUT2D eigenvalue weighted by atomic mass is 16.5. The van der Waals surface area contributed by atoms with Crippen LogP contribution in [0.5, 0.6) is 0 Å². The van der Waals surface area contributed by atoms with Gasteiger partial charge in [-0.2, -0.15) is 0 Å². The molecule has 0 unspecified atom stereocenters. The Kier molecular flexibility index (Phi) is 6.78. The van der Waals surface area contributed by atoms with Crippen molar-refractivity contribution in [2.45, 2.75) is 38.0 Å². The molecule has 0 spiro atoms. The first-order chi connectivity index (χ1) is 14.3. The zero-order valence-electron chi connectivity index (χ0n) is 17.1. The zero-order chi connectivity index (χ0) is 19.9. The first-order valence-corrected chi connectivity index (χ1v) is 10.9. The number of carbonyl (C=O) groups is 1. The van der Waals surface area contributed by atoms with E-state index in [1.807, 2.05) is 17.0 Å². The quantitative estimate of drug-likeness (QED) is 0.821. The molecule has 2 aromatic rings. The second kappa shape index (κ2) is 9.88. The Hall–Kier alpha value is -2.40. The van der Waals surface area contributed by atoms with Crippen LogP contribution in [0.15, 0.2) is 48.7 Å². The van der Waals surface area contributed by atoms with E-state index < -0.39 is 0 Å². The van der Waals surface area contributed by atoms with Crippen LogP contribution in [0.4, 0.5) is 5.82 Å². The van der Waals surface area contributed by atoms with E-state index >= 15 is 0 Å². The third-order valence-corrected chi connectivity index (χ3v) is 6.21. The van der Waals surface area contributed by atoms with Gasteiger partial charge in [-0.05, 0) is 61.6 Å². The van der Waals surface area contributed by atoms with E-state index in [-0.39, 0.29) is 5.91 Å². The largest absolute Gasteiger partial charge is 0.381 e. The van der Waals surface area contributed by atoms with Gasteiger partial charge in [-0.3, -0.25) is 4.79 Å². The van der Waals surface area contributed by atoms with Crippen molar-refractivity contribution in [2.75, 3.05) is 38.2 Å². The minimum atomic E-state index is 0.0993. The van der Waals surface area contributed by atoms with Gasteiger partial charge in [-0.25, -0.2) is 4.98 Å². The fourth-order valence-electron chi connectivity index (χ4n) is 4.36. The minimum Gasteiger partial charge on any atom is -0.381 e. The lowest BCUT2D eigenvalue weighted by Crippen LogP contribution is -2.32. The average Bonchev–Trinajstić information content (AvgIpc) is 3.05. The summed E-state index contributed by atoms with van der Waals surface area (Å²) < 4.78 is 5.41. The molecule has 5 nitrogen and oxygen atoms in total. The van der Waals surface area contributed by atoms with Crippen LogP contribution >= 0.6 is 0 Å². The summed E-state index contributed by atoms with van der Waals surface area (Å²) in [4.78, 5) is 19.4. The fourth-order valence-corrected chi connectivity index (χ4v) is 4.36. The maximum Gasteiger partial charge on any atom is 0.255 e. The number of pyridine rings is 1. The predicted molar refractivity (Wildman–Crippen MR) is 115 cm³/mol. The molecule has 3 heterocycles. The molecule has 2 fully saturated rings. The summed E-state index contributed by atoms with van der Waals surface area (Å²) in [6.45, 7) is 4.26. The molecule has 5 heteroatoms. The second-order valence-corrected chi connectivity index (χ2v) is 8.20. The van der Waals surface area contributed by atoms with E-state index in [9.17, 15) is 4.79 Å². The summed E-state index contributed by atoms with van der Waals surface area (Å²) in [6, 6.07) is 14.5. The first kappa shape index (κ1) is 19.9. The minimum absolute atomic E-state index is 0.0993. The highest BCUT2D eigenvalue weighted by molar-refractivity contribution is 5.94. The van der Waals surface area contributed by atoms with Gasteiger partial charge in [0.1, 0.15) is 5.82 Å². The molecule has 154 valence electrons. The van der Waals surface area contributed by atoms with E-state index in [1.54, 1.807) is 6.20 Å². The predicted octanol–water partition coefficient (Wildman–Crippen LogP) is 4.33. The van der Waals surface area contributed by atoms with E-state index in [1.165, 1.54) is 5.56 Å². The highest BCUT2D eigenvalue weighted by Crippen LogP contribution is 2.28. The number of carbonyl (C=O) groups excluding carboxylic acids is 1. The Morgan fingerprint density at radius 3 is 2.62 bits per heavy atom. The van der Waals surface area contributed by atoms with E-state index in [2.05, 4.69) is 40.6 Å². The molecule has 0 saturated carbocycles. The maximum atomic E-state index is 13.0. The van der Waals surface area contributed by atoms with Gasteiger partial charge < -0.3 is 15.0 Å². The molecule has 1 atom stereocenters. The van der Waals surface area contributed by atoms with Crippen LogP contribution in [0.25, 0.3) is 0 Å². The lowest BCUT2D eigenvalue weighted by Gasteiger charge is -2.22. The Bertz CT molecular complexity index is 772. The van der Waals surface area contributed by atoms with Crippen LogP contribution in [-0.4, -0.2) is 48.6 Å². The van der Waals surface area contributed by atoms with Gasteiger partial charge in [0.05, 0.1) is 5.56 Å². The maximum absolute atomic E-state index is 13.0. The molecule has 2 aliphatic rings. The van der Waals surface area contributed by atoms with E-state index in [4.69, 9.17) is 4.74 Å². The summed E-state index contributed by atoms with van der Waals surface area (Å²) in [6.07, 6.45) is 7.12. The number of ether oxygens (including phenoxy) is 1. The molecule has 0 aliphatic carbocycles. The molecule has 2 saturated heterocycles. The number of benzene rings is 1. The molecule has 2 aliphatic heterocycles. The molecule has 1 aromatic heterocycles. The molecule has 1 amide bonds. The van der Waals surface area contributed by atoms with Crippen molar-refractivity contribution in [1.82, 2.24) is 9.88 Å². The number of amides is 1. The van der Waals surface area contributed by atoms with Crippen molar-refractivity contribution in [3.05, 3.63) is 59.8 Å². The van der Waals surface area contributed by atoms with Crippen molar-refractivity contribution in [3.63, 3.8) is 0 Å². The lowest BCUT2D eigenvalue weighted by atomic mass is 9.92. The summed E-state index contributed by atoms with van der Waals surface area (Å²) >= 11 is 0. The van der Waals surface area contributed by atoms with Crippen molar-refractivity contribution < 1.29 is 9.53 Å². The van der Waals surface area contributed by atoms with Crippen LogP contribution in [0, 0.1) is 5.92 Å². The molecule has 0 bridgehead atoms. The zero-order valence-corrected chi connectivity index (χ0v) is 17.1. The van der Waals surface area contributed by atoms with Crippen molar-refractivity contribution in [3.8, 4) is 0 Å². The van der Waals surface area contributed by atoms with Crippen molar-refractivity contribution >= 4 is 11.7 Å². The van der Waals surface area contributed by atoms with Crippen LogP contribution in [0.1, 0.15) is 53.9 Å². The number of anilines is 1. The fraction of sp³-hybridized carbons (Fsp3) is 0.500. The summed E-state index contributed by atoms with van der Waals surface area (Å²) in [7, 11) is 0. The van der Waals surface area contributed by atoms with Crippen LogP contribution < -0.4 is 5.32 Å². The number of nitrogens with one attached hydrogen (secondary N) is 1. The summed E-state index contributed by atoms with van der Waals surface area (Å²) in [5.41, 5.74) is 2.07. The molecule has 1 aromatic carbocycles. The van der Waals surface area contributed by atoms with Gasteiger partial charge in [0.2, 0.25) is 0 Å². The van der Waals surface area contributed by atoms with Crippen LogP contribution in [-0.2, 0) is 4.74 Å². The first-order valence-electron chi connectivity index (χ1n) is 10.9. The SMILES string of the molecule is O=C(c1ccc(NCC2CCOCC2)nc1)N1CCC[C@H](c2ccccc2)CC1. The van der Waals surface area contributed by atoms with Gasteiger partial charge in [-0.15, -0.1) is 0 Å². The topological polar surface area (TPSA) is 54.5 Å². The van der Waals surface area contributed by atoms with E-state index in [0.29, 0.717) is 17.4 Å². The van der Waals surface area contributed by atoms with E-state index in [0.717, 1.165) is 70.8 Å². The van der Waals surface area contributed by atoms with Crippen molar-refractivity contribution in [1.29, 1.82) is 0 Å². The number of hydrogen-bond donors (Lipinski definition) is 1. The number of rotatable bonds is 5. The van der Waals surface area contributed by atoms with Gasteiger partial charge in [0.15, 0.2) is 0 Å². The Morgan fingerprint density at radius 2 is 1.86 bits per heavy atom. The van der Waals surface area contributed by atoms with Crippen LogP contribution in [0.2, 0.25) is 0 Å². The number of likely N-dealkylation sites (tertiary alicyclic amines) is 1. The molecule has 4 rings (SSSR count). The monoisotopic (exact) mass is 393 g/mol. The normalized spacial score (nSPS) is 20.8. The standard InChI is InChI=1S/C24H31N3O2/c28-24(27-13-4-7-21(10-14-27)20-5-2-1-3-6-20)22-8-9-23(26-18-22)25-17-19-11-15-29-16-12-19/h1-3,5-6,8-9,18-19,21H,4,7,10-17H2,(H,25,26)/t21-/m0/s1. The van der Waals surface area contributed by atoms with Gasteiger partial charge in [0, 0.05) is 39.0 Å². The third kappa shape index (κ3) is 5.36. The summed E-state index contributed by atoms with van der Waals surface area (Å²) in [5, 5.41) is 3.40. The smallest absolute Gasteiger partial charge is 0.255 e. The molecule has 0 radical (unpaired) electrons. The molecule has 29 heavy (non-hydrogen) atoms. The van der Waals surface area contributed by atoms with Gasteiger partial charge >= 0.3 is 0 Å². The van der Waals surface area contributed by atoms with Crippen molar-refractivity contribution in [2.24, 2.45) is 5.92 Å². The second-order valence-electron chi connectivity index (χ2n) is 8.20. The van der Waals surface area contributed by atoms with Gasteiger partial charge in [0.25, 0.3) is 5.91 Å². The molecule has 1 N–H and O–H groups in total. The van der Waals surface area contributed by atoms with Gasteiger partial charge in [-0.1, -0.05) is 30.3 Å². The highest BCUT2D eigenvalue weighted by Gasteiger charge is 2.22. The molecular formula is C24H31N3O2. The summed E-state index contributed by atoms with van der Waals surface area (Å²) in [5.74, 6) is 2.13. The average molecular weight is 394 g/mol. The Morgan fingerprint density at radius 1 is 1.03 bits per heavy atom. The Labute approximate surface area is 173 Å². The Balaban J connectivity index is 1.30.